The molecule has 0 bridgehead atoms. The summed E-state index contributed by atoms with van der Waals surface area (Å²) in [5.74, 6) is 0.815. The van der Waals surface area contributed by atoms with Crippen LogP contribution in [0.1, 0.15) is 37.8 Å². The number of methoxy groups -OCH3 is 1. The topological polar surface area (TPSA) is 24.5 Å². The smallest absolute Gasteiger partial charge is 0.0713 e. The highest BCUT2D eigenvalue weighted by Gasteiger charge is 2.22. The molecule has 1 fully saturated rings. The maximum Gasteiger partial charge on any atom is 0.0713 e. The zero-order chi connectivity index (χ0) is 15.1. The molecule has 1 unspecified atom stereocenters. The molecule has 1 atom stereocenters. The Labute approximate surface area is 129 Å². The third kappa shape index (κ3) is 5.10. The molecule has 1 N–H and O–H groups in total. The Morgan fingerprint density at radius 3 is 2.67 bits per heavy atom. The second-order valence-electron chi connectivity index (χ2n) is 6.19. The number of ether oxygens (including phenoxy) is 1. The molecule has 1 aliphatic rings. The van der Waals surface area contributed by atoms with E-state index in [9.17, 15) is 0 Å². The number of rotatable bonds is 7. The van der Waals surface area contributed by atoms with E-state index in [2.05, 4.69) is 48.3 Å². The van der Waals surface area contributed by atoms with Crippen molar-refractivity contribution >= 4 is 0 Å². The van der Waals surface area contributed by atoms with Crippen molar-refractivity contribution in [3.63, 3.8) is 0 Å². The van der Waals surface area contributed by atoms with Gasteiger partial charge in [0.1, 0.15) is 0 Å². The summed E-state index contributed by atoms with van der Waals surface area (Å²) in [6, 6.07) is 9.27. The van der Waals surface area contributed by atoms with Crippen LogP contribution < -0.4 is 5.32 Å². The van der Waals surface area contributed by atoms with Gasteiger partial charge in [-0.25, -0.2) is 0 Å². The zero-order valence-corrected chi connectivity index (χ0v) is 13.8. The van der Waals surface area contributed by atoms with Crippen LogP contribution in [0.25, 0.3) is 0 Å². The predicted octanol–water partition coefficient (Wildman–Crippen LogP) is 3.04. The minimum Gasteiger partial charge on any atom is -0.380 e. The van der Waals surface area contributed by atoms with Crippen molar-refractivity contribution in [3.8, 4) is 0 Å². The van der Waals surface area contributed by atoms with Crippen molar-refractivity contribution in [2.24, 2.45) is 5.92 Å². The van der Waals surface area contributed by atoms with Gasteiger partial charge in [-0.15, -0.1) is 0 Å². The van der Waals surface area contributed by atoms with Gasteiger partial charge in [-0.1, -0.05) is 31.2 Å². The maximum absolute atomic E-state index is 5.20. The first-order chi connectivity index (χ1) is 10.2. The van der Waals surface area contributed by atoms with Crippen LogP contribution >= 0.6 is 0 Å². The fraction of sp³-hybridized carbons (Fsp3) is 0.667. The number of piperidine rings is 1. The second kappa shape index (κ2) is 8.52. The van der Waals surface area contributed by atoms with Crippen LogP contribution in [-0.2, 0) is 17.9 Å². The average Bonchev–Trinajstić information content (AvgIpc) is 2.53. The Kier molecular flexibility index (Phi) is 6.68. The molecule has 1 aromatic rings. The van der Waals surface area contributed by atoms with Gasteiger partial charge in [-0.2, -0.15) is 0 Å². The van der Waals surface area contributed by atoms with Crippen LogP contribution in [0.5, 0.6) is 0 Å². The summed E-state index contributed by atoms with van der Waals surface area (Å²) in [5, 5.41) is 3.71. The van der Waals surface area contributed by atoms with Crippen molar-refractivity contribution in [1.29, 1.82) is 0 Å². The van der Waals surface area contributed by atoms with Crippen molar-refractivity contribution in [3.05, 3.63) is 35.4 Å². The van der Waals surface area contributed by atoms with Crippen LogP contribution in [0.3, 0.4) is 0 Å². The molecule has 1 saturated heterocycles. The SMILES string of the molecule is CCN1CCC(C(C)NCc2cccc(COC)c2)CC1. The summed E-state index contributed by atoms with van der Waals surface area (Å²) >= 11 is 0. The van der Waals surface area contributed by atoms with E-state index in [0.717, 1.165) is 12.5 Å². The predicted molar refractivity (Wildman–Crippen MR) is 88.3 cm³/mol. The van der Waals surface area contributed by atoms with Gasteiger partial charge < -0.3 is 15.0 Å². The first-order valence-corrected chi connectivity index (χ1v) is 8.25. The number of nitrogens with zero attached hydrogens (tertiary/aromatic N) is 1. The second-order valence-corrected chi connectivity index (χ2v) is 6.19. The number of hydrogen-bond donors (Lipinski definition) is 1. The van der Waals surface area contributed by atoms with Gasteiger partial charge in [0.15, 0.2) is 0 Å². The summed E-state index contributed by atoms with van der Waals surface area (Å²) in [6.45, 7) is 9.96. The quantitative estimate of drug-likeness (QED) is 0.835. The van der Waals surface area contributed by atoms with Crippen LogP contribution in [0.15, 0.2) is 24.3 Å². The first kappa shape index (κ1) is 16.5. The molecule has 1 heterocycles. The van der Waals surface area contributed by atoms with Crippen molar-refractivity contribution in [1.82, 2.24) is 10.2 Å². The highest BCUT2D eigenvalue weighted by molar-refractivity contribution is 5.22. The largest absolute Gasteiger partial charge is 0.380 e. The van der Waals surface area contributed by atoms with Gasteiger partial charge in [0.05, 0.1) is 6.61 Å². The van der Waals surface area contributed by atoms with Crippen molar-refractivity contribution in [2.45, 2.75) is 45.9 Å². The van der Waals surface area contributed by atoms with Crippen LogP contribution in [0.4, 0.5) is 0 Å². The average molecular weight is 290 g/mol. The summed E-state index contributed by atoms with van der Waals surface area (Å²) < 4.78 is 5.20. The highest BCUT2D eigenvalue weighted by atomic mass is 16.5. The molecule has 0 aliphatic carbocycles. The molecule has 2 rings (SSSR count). The van der Waals surface area contributed by atoms with Crippen LogP contribution in [-0.4, -0.2) is 37.7 Å². The molecule has 1 aromatic carbocycles. The highest BCUT2D eigenvalue weighted by Crippen LogP contribution is 2.20. The lowest BCUT2D eigenvalue weighted by Crippen LogP contribution is -2.41. The van der Waals surface area contributed by atoms with Crippen molar-refractivity contribution in [2.75, 3.05) is 26.7 Å². The third-order valence-electron chi connectivity index (χ3n) is 4.72. The normalized spacial score (nSPS) is 18.8. The molecule has 3 heteroatoms. The van der Waals surface area contributed by atoms with E-state index in [1.807, 2.05) is 0 Å². The monoisotopic (exact) mass is 290 g/mol. The molecule has 0 aromatic heterocycles. The van der Waals surface area contributed by atoms with E-state index < -0.39 is 0 Å². The van der Waals surface area contributed by atoms with Gasteiger partial charge in [0.25, 0.3) is 0 Å². The third-order valence-corrected chi connectivity index (χ3v) is 4.72. The summed E-state index contributed by atoms with van der Waals surface area (Å²) in [6.07, 6.45) is 2.65. The van der Waals surface area contributed by atoms with Gasteiger partial charge in [-0.05, 0) is 56.4 Å². The molecule has 118 valence electrons. The molecule has 21 heavy (non-hydrogen) atoms. The molecule has 0 saturated carbocycles. The Morgan fingerprint density at radius 1 is 1.29 bits per heavy atom. The molecule has 0 radical (unpaired) electrons. The summed E-state index contributed by atoms with van der Waals surface area (Å²) in [7, 11) is 1.75. The number of nitrogens with one attached hydrogen (secondary N) is 1. The van der Waals surface area contributed by atoms with E-state index in [1.54, 1.807) is 7.11 Å². The van der Waals surface area contributed by atoms with Gasteiger partial charge >= 0.3 is 0 Å². The molecular formula is C18H30N2O. The van der Waals surface area contributed by atoms with E-state index in [4.69, 9.17) is 4.74 Å². The van der Waals surface area contributed by atoms with Crippen molar-refractivity contribution < 1.29 is 4.74 Å². The maximum atomic E-state index is 5.20. The number of likely N-dealkylation sites (tertiary alicyclic amines) is 1. The Hall–Kier alpha value is -0.900. The minimum absolute atomic E-state index is 0.593. The van der Waals surface area contributed by atoms with E-state index in [0.29, 0.717) is 12.6 Å². The zero-order valence-electron chi connectivity index (χ0n) is 13.8. The fourth-order valence-corrected chi connectivity index (χ4v) is 3.21. The molecule has 0 amide bonds. The molecule has 0 spiro atoms. The molecular weight excluding hydrogens is 260 g/mol. The lowest BCUT2D eigenvalue weighted by atomic mass is 9.90. The fourth-order valence-electron chi connectivity index (χ4n) is 3.21. The van der Waals surface area contributed by atoms with Gasteiger partial charge in [0, 0.05) is 19.7 Å². The Morgan fingerprint density at radius 2 is 2.00 bits per heavy atom. The van der Waals surface area contributed by atoms with E-state index >= 15 is 0 Å². The molecule has 1 aliphatic heterocycles. The summed E-state index contributed by atoms with van der Waals surface area (Å²) in [4.78, 5) is 2.55. The summed E-state index contributed by atoms with van der Waals surface area (Å²) in [5.41, 5.74) is 2.60. The molecule has 3 nitrogen and oxygen atoms in total. The van der Waals surface area contributed by atoms with Gasteiger partial charge in [0.2, 0.25) is 0 Å². The standard InChI is InChI=1S/C18H30N2O/c1-4-20-10-8-18(9-11-20)15(2)19-13-16-6-5-7-17(12-16)14-21-3/h5-7,12,15,18-19H,4,8-11,13-14H2,1-3H3. The van der Waals surface area contributed by atoms with Gasteiger partial charge in [-0.3, -0.25) is 0 Å². The van der Waals surface area contributed by atoms with Crippen LogP contribution in [0, 0.1) is 5.92 Å². The van der Waals surface area contributed by atoms with E-state index in [-0.39, 0.29) is 0 Å². The lowest BCUT2D eigenvalue weighted by Gasteiger charge is -2.34. The Bertz CT molecular complexity index is 413. The number of hydrogen-bond acceptors (Lipinski definition) is 3. The van der Waals surface area contributed by atoms with E-state index in [1.165, 1.54) is 43.6 Å². The Balaban J connectivity index is 1.78. The first-order valence-electron chi connectivity index (χ1n) is 8.25. The number of benzene rings is 1. The lowest BCUT2D eigenvalue weighted by molar-refractivity contribution is 0.168. The van der Waals surface area contributed by atoms with Crippen LogP contribution in [0.2, 0.25) is 0 Å². The minimum atomic E-state index is 0.593.